The molecule has 27 heavy (non-hydrogen) atoms. The zero-order chi connectivity index (χ0) is 19.6. The van der Waals surface area contributed by atoms with Gasteiger partial charge in [0.1, 0.15) is 23.7 Å². The molecule has 0 aliphatic heterocycles. The van der Waals surface area contributed by atoms with Gasteiger partial charge in [-0.3, -0.25) is 0 Å². The standard InChI is InChI=1S/C21H20O6/c1-12-6-13(2)21(14(3)7-12)26-11-20(24)25-10-15-8-19(23)27-18-9-16(22)4-5-17(15)18/h4-9,22H,10-11H2,1-3H3. The number of phenols is 1. The van der Waals surface area contributed by atoms with Crippen LogP contribution < -0.4 is 10.4 Å². The van der Waals surface area contributed by atoms with Crippen LogP contribution in [0.15, 0.2) is 45.6 Å². The zero-order valence-corrected chi connectivity index (χ0v) is 15.4. The van der Waals surface area contributed by atoms with E-state index in [9.17, 15) is 14.7 Å². The number of phenolic OH excluding ortho intramolecular Hbond substituents is 1. The van der Waals surface area contributed by atoms with Gasteiger partial charge in [-0.1, -0.05) is 17.7 Å². The molecule has 0 amide bonds. The van der Waals surface area contributed by atoms with E-state index in [4.69, 9.17) is 13.9 Å². The molecule has 0 spiro atoms. The maximum atomic E-state index is 12.1. The van der Waals surface area contributed by atoms with Crippen molar-refractivity contribution in [2.75, 3.05) is 6.61 Å². The summed E-state index contributed by atoms with van der Waals surface area (Å²) < 4.78 is 15.9. The SMILES string of the molecule is Cc1cc(C)c(OCC(=O)OCc2cc(=O)oc3cc(O)ccc23)c(C)c1. The van der Waals surface area contributed by atoms with Crippen LogP contribution in [0.3, 0.4) is 0 Å². The average molecular weight is 368 g/mol. The predicted octanol–water partition coefficient (Wildman–Crippen LogP) is 3.55. The summed E-state index contributed by atoms with van der Waals surface area (Å²) in [4.78, 5) is 23.7. The van der Waals surface area contributed by atoms with Gasteiger partial charge in [-0.2, -0.15) is 0 Å². The van der Waals surface area contributed by atoms with E-state index in [-0.39, 0.29) is 24.5 Å². The molecule has 2 aromatic carbocycles. The van der Waals surface area contributed by atoms with Crippen molar-refractivity contribution in [2.24, 2.45) is 0 Å². The Morgan fingerprint density at radius 1 is 1.07 bits per heavy atom. The first-order valence-electron chi connectivity index (χ1n) is 8.45. The van der Waals surface area contributed by atoms with Gasteiger partial charge in [0.25, 0.3) is 0 Å². The predicted molar refractivity (Wildman–Crippen MR) is 100 cm³/mol. The minimum atomic E-state index is -0.582. The molecule has 0 radical (unpaired) electrons. The first kappa shape index (κ1) is 18.5. The van der Waals surface area contributed by atoms with Crippen LogP contribution >= 0.6 is 0 Å². The number of hydrogen-bond acceptors (Lipinski definition) is 6. The third-order valence-corrected chi connectivity index (χ3v) is 4.14. The Hall–Kier alpha value is -3.28. The molecule has 0 saturated heterocycles. The zero-order valence-electron chi connectivity index (χ0n) is 15.4. The van der Waals surface area contributed by atoms with Crippen LogP contribution in [-0.2, 0) is 16.1 Å². The number of ether oxygens (including phenoxy) is 2. The monoisotopic (exact) mass is 368 g/mol. The second-order valence-electron chi connectivity index (χ2n) is 6.45. The highest BCUT2D eigenvalue weighted by atomic mass is 16.6. The second-order valence-corrected chi connectivity index (χ2v) is 6.45. The fourth-order valence-electron chi connectivity index (χ4n) is 3.06. The Morgan fingerprint density at radius 3 is 2.48 bits per heavy atom. The summed E-state index contributed by atoms with van der Waals surface area (Å²) in [6, 6.07) is 9.65. The third kappa shape index (κ3) is 4.28. The van der Waals surface area contributed by atoms with Crippen molar-refractivity contribution in [3.05, 3.63) is 69.1 Å². The van der Waals surface area contributed by atoms with Gasteiger partial charge in [-0.15, -0.1) is 0 Å². The minimum Gasteiger partial charge on any atom is -0.508 e. The maximum absolute atomic E-state index is 12.1. The molecule has 0 aliphatic carbocycles. The van der Waals surface area contributed by atoms with Crippen LogP contribution in [0, 0.1) is 20.8 Å². The fraction of sp³-hybridized carbons (Fsp3) is 0.238. The van der Waals surface area contributed by atoms with Crippen molar-refractivity contribution >= 4 is 16.9 Å². The summed E-state index contributed by atoms with van der Waals surface area (Å²) in [5.74, 6) is 0.102. The van der Waals surface area contributed by atoms with Gasteiger partial charge in [0.05, 0.1) is 0 Å². The molecule has 1 heterocycles. The highest BCUT2D eigenvalue weighted by molar-refractivity contribution is 5.81. The number of carbonyl (C=O) groups is 1. The van der Waals surface area contributed by atoms with Gasteiger partial charge in [0, 0.05) is 23.1 Å². The van der Waals surface area contributed by atoms with Crippen LogP contribution in [0.1, 0.15) is 22.3 Å². The second kappa shape index (κ2) is 7.53. The lowest BCUT2D eigenvalue weighted by Crippen LogP contribution is -2.16. The van der Waals surface area contributed by atoms with Crippen molar-refractivity contribution < 1.29 is 23.8 Å². The van der Waals surface area contributed by atoms with Crippen LogP contribution in [0.4, 0.5) is 0 Å². The molecule has 1 aromatic heterocycles. The highest BCUT2D eigenvalue weighted by Gasteiger charge is 2.12. The number of aryl methyl sites for hydroxylation is 3. The molecular formula is C21H20O6. The molecule has 3 rings (SSSR count). The molecule has 140 valence electrons. The summed E-state index contributed by atoms with van der Waals surface area (Å²) in [5, 5.41) is 10.1. The van der Waals surface area contributed by atoms with Crippen molar-refractivity contribution in [1.82, 2.24) is 0 Å². The van der Waals surface area contributed by atoms with E-state index in [1.165, 1.54) is 18.2 Å². The van der Waals surface area contributed by atoms with Gasteiger partial charge in [0.2, 0.25) is 0 Å². The summed E-state index contributed by atoms with van der Waals surface area (Å²) in [6.07, 6.45) is 0. The Morgan fingerprint density at radius 2 is 1.78 bits per heavy atom. The molecule has 0 aliphatic rings. The quantitative estimate of drug-likeness (QED) is 0.548. The van der Waals surface area contributed by atoms with Gasteiger partial charge in [-0.05, 0) is 44.0 Å². The van der Waals surface area contributed by atoms with Crippen LogP contribution in [0.25, 0.3) is 11.0 Å². The van der Waals surface area contributed by atoms with Crippen molar-refractivity contribution in [1.29, 1.82) is 0 Å². The molecule has 3 aromatic rings. The normalized spacial score (nSPS) is 10.8. The Bertz CT molecular complexity index is 1040. The summed E-state index contributed by atoms with van der Waals surface area (Å²) >= 11 is 0. The average Bonchev–Trinajstić information content (AvgIpc) is 2.58. The van der Waals surface area contributed by atoms with Crippen LogP contribution in [-0.4, -0.2) is 17.7 Å². The Labute approximate surface area is 156 Å². The summed E-state index contributed by atoms with van der Waals surface area (Å²) in [6.45, 7) is 5.52. The van der Waals surface area contributed by atoms with Crippen LogP contribution in [0.2, 0.25) is 0 Å². The number of aromatic hydroxyl groups is 1. The van der Waals surface area contributed by atoms with E-state index in [1.54, 1.807) is 6.07 Å². The van der Waals surface area contributed by atoms with E-state index < -0.39 is 11.6 Å². The smallest absolute Gasteiger partial charge is 0.344 e. The number of carbonyl (C=O) groups excluding carboxylic acids is 1. The summed E-state index contributed by atoms with van der Waals surface area (Å²) in [5.41, 5.74) is 3.17. The largest absolute Gasteiger partial charge is 0.508 e. The lowest BCUT2D eigenvalue weighted by Gasteiger charge is -2.13. The van der Waals surface area contributed by atoms with Crippen molar-refractivity contribution in [2.45, 2.75) is 27.4 Å². The number of benzene rings is 2. The number of hydrogen-bond donors (Lipinski definition) is 1. The molecular weight excluding hydrogens is 348 g/mol. The van der Waals surface area contributed by atoms with E-state index in [0.29, 0.717) is 16.7 Å². The van der Waals surface area contributed by atoms with Gasteiger partial charge in [-0.25, -0.2) is 9.59 Å². The minimum absolute atomic E-state index is 0.0166. The molecule has 1 N–H and O–H groups in total. The van der Waals surface area contributed by atoms with Gasteiger partial charge in [0.15, 0.2) is 6.61 Å². The topological polar surface area (TPSA) is 86.0 Å². The first-order chi connectivity index (χ1) is 12.8. The molecule has 0 bridgehead atoms. The molecule has 0 fully saturated rings. The van der Waals surface area contributed by atoms with E-state index in [0.717, 1.165) is 16.7 Å². The first-order valence-corrected chi connectivity index (χ1v) is 8.45. The molecule has 6 nitrogen and oxygen atoms in total. The van der Waals surface area contributed by atoms with E-state index >= 15 is 0 Å². The lowest BCUT2D eigenvalue weighted by atomic mass is 10.1. The third-order valence-electron chi connectivity index (χ3n) is 4.14. The molecule has 0 saturated carbocycles. The Balaban J connectivity index is 1.68. The van der Waals surface area contributed by atoms with Crippen molar-refractivity contribution in [3.8, 4) is 11.5 Å². The fourth-order valence-corrected chi connectivity index (χ4v) is 3.06. The number of esters is 1. The van der Waals surface area contributed by atoms with Gasteiger partial charge < -0.3 is 19.0 Å². The van der Waals surface area contributed by atoms with Gasteiger partial charge >= 0.3 is 11.6 Å². The molecule has 0 unspecified atom stereocenters. The van der Waals surface area contributed by atoms with Crippen molar-refractivity contribution in [3.63, 3.8) is 0 Å². The maximum Gasteiger partial charge on any atom is 0.344 e. The Kier molecular flexibility index (Phi) is 5.16. The van der Waals surface area contributed by atoms with E-state index in [1.807, 2.05) is 32.9 Å². The number of fused-ring (bicyclic) bond motifs is 1. The van der Waals surface area contributed by atoms with Crippen LogP contribution in [0.5, 0.6) is 11.5 Å². The summed E-state index contributed by atoms with van der Waals surface area (Å²) in [7, 11) is 0. The molecule has 6 heteroatoms. The molecule has 0 atom stereocenters. The number of rotatable bonds is 5. The van der Waals surface area contributed by atoms with E-state index in [2.05, 4.69) is 0 Å². The lowest BCUT2D eigenvalue weighted by molar-refractivity contribution is -0.147. The highest BCUT2D eigenvalue weighted by Crippen LogP contribution is 2.25.